The number of piperidine rings is 1. The van der Waals surface area contributed by atoms with Gasteiger partial charge in [0, 0.05) is 35.8 Å². The molecule has 4 rings (SSSR count). The molecule has 1 saturated heterocycles. The van der Waals surface area contributed by atoms with Crippen LogP contribution in [0, 0.1) is 12.7 Å². The molecule has 126 valence electrons. The molecule has 1 aliphatic rings. The Morgan fingerprint density at radius 2 is 2.12 bits per heavy atom. The molecule has 0 radical (unpaired) electrons. The molecule has 2 aromatic heterocycles. The molecule has 0 spiro atoms. The van der Waals surface area contributed by atoms with Crippen LogP contribution < -0.4 is 0 Å². The SMILES string of the molecule is Cc1cc(CCN2CCC(c3c[nH]c4cccc(F)c34)CC2)n[nH]1. The van der Waals surface area contributed by atoms with Crippen molar-refractivity contribution < 1.29 is 4.39 Å². The first-order chi connectivity index (χ1) is 11.7. The quantitative estimate of drug-likeness (QED) is 0.767. The Bertz CT molecular complexity index is 827. The van der Waals surface area contributed by atoms with Crippen molar-refractivity contribution in [1.82, 2.24) is 20.1 Å². The molecule has 2 N–H and O–H groups in total. The molecule has 0 unspecified atom stereocenters. The van der Waals surface area contributed by atoms with E-state index < -0.39 is 0 Å². The van der Waals surface area contributed by atoms with Crippen molar-refractivity contribution in [1.29, 1.82) is 0 Å². The summed E-state index contributed by atoms with van der Waals surface area (Å²) in [5, 5.41) is 8.08. The molecule has 3 heterocycles. The molecular weight excluding hydrogens is 303 g/mol. The highest BCUT2D eigenvalue weighted by Crippen LogP contribution is 2.34. The summed E-state index contributed by atoms with van der Waals surface area (Å²) >= 11 is 0. The largest absolute Gasteiger partial charge is 0.361 e. The number of aromatic nitrogens is 3. The molecule has 0 amide bonds. The summed E-state index contributed by atoms with van der Waals surface area (Å²) in [6.45, 7) is 5.20. The smallest absolute Gasteiger partial charge is 0.132 e. The molecular formula is C19H23FN4. The number of fused-ring (bicyclic) bond motifs is 1. The van der Waals surface area contributed by atoms with E-state index in [-0.39, 0.29) is 5.82 Å². The zero-order valence-electron chi connectivity index (χ0n) is 14.0. The number of rotatable bonds is 4. The van der Waals surface area contributed by atoms with Gasteiger partial charge in [0.05, 0.1) is 5.69 Å². The van der Waals surface area contributed by atoms with Crippen molar-refractivity contribution in [3.05, 3.63) is 53.2 Å². The van der Waals surface area contributed by atoms with Crippen molar-refractivity contribution in [2.75, 3.05) is 19.6 Å². The number of nitrogens with one attached hydrogen (secondary N) is 2. The molecule has 0 aliphatic carbocycles. The summed E-state index contributed by atoms with van der Waals surface area (Å²) in [4.78, 5) is 5.71. The number of nitrogens with zero attached hydrogens (tertiary/aromatic N) is 2. The molecule has 1 aromatic carbocycles. The van der Waals surface area contributed by atoms with E-state index in [2.05, 4.69) is 26.1 Å². The number of aromatic amines is 2. The third-order valence-corrected chi connectivity index (χ3v) is 5.16. The zero-order chi connectivity index (χ0) is 16.5. The van der Waals surface area contributed by atoms with Crippen LogP contribution in [-0.4, -0.2) is 39.7 Å². The first kappa shape index (κ1) is 15.4. The minimum atomic E-state index is -0.111. The summed E-state index contributed by atoms with van der Waals surface area (Å²) in [5.74, 6) is 0.333. The molecule has 0 atom stereocenters. The summed E-state index contributed by atoms with van der Waals surface area (Å²) in [6.07, 6.45) is 5.15. The van der Waals surface area contributed by atoms with E-state index in [4.69, 9.17) is 0 Å². The Balaban J connectivity index is 1.38. The maximum Gasteiger partial charge on any atom is 0.132 e. The second-order valence-electron chi connectivity index (χ2n) is 6.81. The monoisotopic (exact) mass is 326 g/mol. The van der Waals surface area contributed by atoms with Crippen LogP contribution in [-0.2, 0) is 6.42 Å². The van der Waals surface area contributed by atoms with Crippen LogP contribution in [0.3, 0.4) is 0 Å². The first-order valence-electron chi connectivity index (χ1n) is 8.69. The van der Waals surface area contributed by atoms with Crippen molar-refractivity contribution in [3.8, 4) is 0 Å². The van der Waals surface area contributed by atoms with Gasteiger partial charge >= 0.3 is 0 Å². The lowest BCUT2D eigenvalue weighted by atomic mass is 9.89. The van der Waals surface area contributed by atoms with Crippen molar-refractivity contribution in [3.63, 3.8) is 0 Å². The maximum atomic E-state index is 14.2. The van der Waals surface area contributed by atoms with Crippen LogP contribution >= 0.6 is 0 Å². The van der Waals surface area contributed by atoms with Gasteiger partial charge in [-0.2, -0.15) is 5.10 Å². The first-order valence-corrected chi connectivity index (χ1v) is 8.69. The summed E-state index contributed by atoms with van der Waals surface area (Å²) in [5.41, 5.74) is 4.30. The van der Waals surface area contributed by atoms with E-state index in [1.165, 1.54) is 0 Å². The predicted molar refractivity (Wildman–Crippen MR) is 93.7 cm³/mol. The highest BCUT2D eigenvalue weighted by Gasteiger charge is 2.23. The van der Waals surface area contributed by atoms with Crippen LogP contribution in [0.5, 0.6) is 0 Å². The number of hydrogen-bond acceptors (Lipinski definition) is 2. The Morgan fingerprint density at radius 3 is 2.88 bits per heavy atom. The molecule has 0 bridgehead atoms. The summed E-state index contributed by atoms with van der Waals surface area (Å²) < 4.78 is 14.2. The van der Waals surface area contributed by atoms with Crippen molar-refractivity contribution in [2.45, 2.75) is 32.1 Å². The number of likely N-dealkylation sites (tertiary alicyclic amines) is 1. The highest BCUT2D eigenvalue weighted by atomic mass is 19.1. The van der Waals surface area contributed by atoms with Gasteiger partial charge in [-0.05, 0) is 62.5 Å². The summed E-state index contributed by atoms with van der Waals surface area (Å²) in [6, 6.07) is 7.38. The normalized spacial score (nSPS) is 16.9. The molecule has 4 nitrogen and oxygen atoms in total. The van der Waals surface area contributed by atoms with E-state index in [1.54, 1.807) is 12.1 Å². The van der Waals surface area contributed by atoms with Gasteiger partial charge in [-0.3, -0.25) is 5.10 Å². The van der Waals surface area contributed by atoms with Crippen LogP contribution in [0.2, 0.25) is 0 Å². The second-order valence-corrected chi connectivity index (χ2v) is 6.81. The standard InChI is InChI=1S/C19H23FN4/c1-13-11-15(23-22-13)7-10-24-8-5-14(6-9-24)16-12-21-18-4-2-3-17(20)19(16)18/h2-4,11-12,14,21H,5-10H2,1H3,(H,22,23). The van der Waals surface area contributed by atoms with Crippen LogP contribution in [0.1, 0.15) is 35.7 Å². The van der Waals surface area contributed by atoms with Gasteiger partial charge in [-0.25, -0.2) is 4.39 Å². The third kappa shape index (κ3) is 2.96. The lowest BCUT2D eigenvalue weighted by molar-refractivity contribution is 0.214. The molecule has 1 aliphatic heterocycles. The van der Waals surface area contributed by atoms with Gasteiger partial charge in [0.1, 0.15) is 5.82 Å². The molecule has 3 aromatic rings. The minimum Gasteiger partial charge on any atom is -0.361 e. The van der Waals surface area contributed by atoms with Crippen molar-refractivity contribution in [2.24, 2.45) is 0 Å². The van der Waals surface area contributed by atoms with Gasteiger partial charge in [0.2, 0.25) is 0 Å². The average molecular weight is 326 g/mol. The lowest BCUT2D eigenvalue weighted by Gasteiger charge is -2.31. The fourth-order valence-corrected chi connectivity index (χ4v) is 3.83. The van der Waals surface area contributed by atoms with Gasteiger partial charge in [-0.15, -0.1) is 0 Å². The second kappa shape index (κ2) is 6.40. The third-order valence-electron chi connectivity index (χ3n) is 5.16. The van der Waals surface area contributed by atoms with E-state index >= 15 is 0 Å². The molecule has 1 fully saturated rings. The number of benzene rings is 1. The number of hydrogen-bond donors (Lipinski definition) is 2. The van der Waals surface area contributed by atoms with Crippen LogP contribution in [0.15, 0.2) is 30.5 Å². The molecule has 24 heavy (non-hydrogen) atoms. The number of aryl methyl sites for hydroxylation is 1. The highest BCUT2D eigenvalue weighted by molar-refractivity contribution is 5.84. The average Bonchev–Trinajstić information content (AvgIpc) is 3.20. The van der Waals surface area contributed by atoms with Gasteiger partial charge in [-0.1, -0.05) is 6.07 Å². The maximum absolute atomic E-state index is 14.2. The van der Waals surface area contributed by atoms with E-state index in [9.17, 15) is 4.39 Å². The zero-order valence-corrected chi connectivity index (χ0v) is 14.0. The fraction of sp³-hybridized carbons (Fsp3) is 0.421. The number of halogens is 1. The fourth-order valence-electron chi connectivity index (χ4n) is 3.83. The van der Waals surface area contributed by atoms with Gasteiger partial charge in [0.15, 0.2) is 0 Å². The van der Waals surface area contributed by atoms with E-state index in [1.807, 2.05) is 19.2 Å². The van der Waals surface area contributed by atoms with Crippen molar-refractivity contribution >= 4 is 10.9 Å². The van der Waals surface area contributed by atoms with E-state index in [0.717, 1.165) is 66.8 Å². The molecule has 0 saturated carbocycles. The minimum absolute atomic E-state index is 0.111. The topological polar surface area (TPSA) is 47.7 Å². The van der Waals surface area contributed by atoms with Gasteiger partial charge < -0.3 is 9.88 Å². The van der Waals surface area contributed by atoms with E-state index in [0.29, 0.717) is 5.92 Å². The van der Waals surface area contributed by atoms with Crippen LogP contribution in [0.4, 0.5) is 4.39 Å². The lowest BCUT2D eigenvalue weighted by Crippen LogP contribution is -2.34. The Hall–Kier alpha value is -2.14. The Morgan fingerprint density at radius 1 is 1.29 bits per heavy atom. The summed E-state index contributed by atoms with van der Waals surface area (Å²) in [7, 11) is 0. The predicted octanol–water partition coefficient (Wildman–Crippen LogP) is 3.76. The Labute approximate surface area is 141 Å². The Kier molecular flexibility index (Phi) is 4.10. The molecule has 5 heteroatoms. The van der Waals surface area contributed by atoms with Crippen LogP contribution in [0.25, 0.3) is 10.9 Å². The van der Waals surface area contributed by atoms with Gasteiger partial charge in [0.25, 0.3) is 0 Å². The number of H-pyrrole nitrogens is 2.